The van der Waals surface area contributed by atoms with Crippen LogP contribution in [0.15, 0.2) is 17.4 Å². The van der Waals surface area contributed by atoms with E-state index >= 15 is 0 Å². The van der Waals surface area contributed by atoms with Crippen LogP contribution in [0.4, 0.5) is 22.0 Å². The van der Waals surface area contributed by atoms with Gasteiger partial charge in [-0.2, -0.15) is 31.7 Å². The summed E-state index contributed by atoms with van der Waals surface area (Å²) < 4.78 is 64.4. The first-order valence-corrected chi connectivity index (χ1v) is 7.02. The third kappa shape index (κ3) is 3.60. The maximum absolute atomic E-state index is 12.9. The van der Waals surface area contributed by atoms with E-state index in [1.54, 1.807) is 6.92 Å². The Hall–Kier alpha value is -2.18. The molecular formula is C10H9F5N6OS. The number of nitrogens with zero attached hydrogens (tertiary/aromatic N) is 5. The second-order valence-corrected chi connectivity index (χ2v) is 5.18. The Morgan fingerprint density at radius 1 is 1.39 bits per heavy atom. The van der Waals surface area contributed by atoms with Crippen molar-refractivity contribution in [3.05, 3.63) is 23.8 Å². The molecular weight excluding hydrogens is 347 g/mol. The Morgan fingerprint density at radius 3 is 2.65 bits per heavy atom. The normalized spacial score (nSPS) is 12.0. The monoisotopic (exact) mass is 356 g/mol. The van der Waals surface area contributed by atoms with Crippen molar-refractivity contribution in [1.29, 1.82) is 0 Å². The maximum atomic E-state index is 12.9. The molecule has 2 aromatic heterocycles. The van der Waals surface area contributed by atoms with Crippen molar-refractivity contribution in [1.82, 2.24) is 24.7 Å². The zero-order valence-electron chi connectivity index (χ0n) is 11.4. The highest BCUT2D eigenvalue weighted by molar-refractivity contribution is 7.99. The number of alkyl halides is 5. The van der Waals surface area contributed by atoms with Crippen LogP contribution >= 0.6 is 11.8 Å². The van der Waals surface area contributed by atoms with Gasteiger partial charge in [-0.3, -0.25) is 10.2 Å². The average molecular weight is 356 g/mol. The first-order chi connectivity index (χ1) is 10.8. The van der Waals surface area contributed by atoms with Gasteiger partial charge in [0.2, 0.25) is 5.16 Å². The van der Waals surface area contributed by atoms with Crippen LogP contribution in [-0.4, -0.2) is 36.3 Å². The Morgan fingerprint density at radius 2 is 2.09 bits per heavy atom. The molecule has 0 aliphatic rings. The summed E-state index contributed by atoms with van der Waals surface area (Å²) in [4.78, 5) is 12.0. The van der Waals surface area contributed by atoms with Gasteiger partial charge in [-0.25, -0.2) is 4.68 Å². The topological polar surface area (TPSA) is 77.6 Å². The highest BCUT2D eigenvalue weighted by Crippen LogP contribution is 2.29. The van der Waals surface area contributed by atoms with Crippen molar-refractivity contribution >= 4 is 17.7 Å². The number of amides is 1. The minimum absolute atomic E-state index is 0.0829. The number of halogens is 5. The predicted molar refractivity (Wildman–Crippen MR) is 68.6 cm³/mol. The molecule has 0 atom stereocenters. The molecule has 13 heteroatoms. The summed E-state index contributed by atoms with van der Waals surface area (Å²) in [6, 6.07) is 0.950. The standard InChI is InChI=1S/C10H9F5N6OS/c1-2-23-9-18-17-7(10(13,14)15)21(9)19-6(22)5-3-4-16-20(5)8(11)12/h3-4,8H,2H2,1H3,(H,19,22). The molecule has 0 spiro atoms. The first-order valence-electron chi connectivity index (χ1n) is 6.04. The molecule has 0 saturated heterocycles. The maximum Gasteiger partial charge on any atom is 0.453 e. The molecule has 7 nitrogen and oxygen atoms in total. The lowest BCUT2D eigenvalue weighted by Crippen LogP contribution is -2.30. The summed E-state index contributed by atoms with van der Waals surface area (Å²) in [5.74, 6) is -2.31. The summed E-state index contributed by atoms with van der Waals surface area (Å²) in [6.07, 6.45) is -3.95. The van der Waals surface area contributed by atoms with Crippen molar-refractivity contribution in [3.8, 4) is 0 Å². The second kappa shape index (κ2) is 6.52. The van der Waals surface area contributed by atoms with Crippen LogP contribution in [0.2, 0.25) is 0 Å². The van der Waals surface area contributed by atoms with Gasteiger partial charge in [0.1, 0.15) is 5.69 Å². The van der Waals surface area contributed by atoms with E-state index in [2.05, 4.69) is 15.3 Å². The average Bonchev–Trinajstić information content (AvgIpc) is 3.05. The third-order valence-corrected chi connectivity index (χ3v) is 3.27. The first kappa shape index (κ1) is 17.2. The van der Waals surface area contributed by atoms with Crippen LogP contribution in [0.5, 0.6) is 0 Å². The van der Waals surface area contributed by atoms with Crippen LogP contribution in [-0.2, 0) is 6.18 Å². The Bertz CT molecular complexity index is 696. The Balaban J connectivity index is 2.36. The molecule has 0 unspecified atom stereocenters. The molecule has 0 aliphatic heterocycles. The van der Waals surface area contributed by atoms with Crippen molar-refractivity contribution in [2.45, 2.75) is 24.8 Å². The number of carbonyl (C=O) groups excluding carboxylic acids is 1. The highest BCUT2D eigenvalue weighted by atomic mass is 32.2. The van der Waals surface area contributed by atoms with Gasteiger partial charge in [-0.05, 0) is 11.8 Å². The van der Waals surface area contributed by atoms with Gasteiger partial charge in [0.15, 0.2) is 0 Å². The molecule has 2 aromatic rings. The number of carbonyl (C=O) groups is 1. The third-order valence-electron chi connectivity index (χ3n) is 2.46. The van der Waals surface area contributed by atoms with E-state index in [-0.39, 0.29) is 9.84 Å². The van der Waals surface area contributed by atoms with E-state index in [0.29, 0.717) is 10.4 Å². The number of nitrogens with one attached hydrogen (secondary N) is 1. The fourth-order valence-electron chi connectivity index (χ4n) is 1.59. The molecule has 0 saturated carbocycles. The predicted octanol–water partition coefficient (Wildman–Crippen LogP) is 2.38. The lowest BCUT2D eigenvalue weighted by atomic mass is 10.4. The molecule has 2 heterocycles. The van der Waals surface area contributed by atoms with Gasteiger partial charge >= 0.3 is 12.7 Å². The van der Waals surface area contributed by atoms with Gasteiger partial charge < -0.3 is 0 Å². The van der Waals surface area contributed by atoms with Crippen LogP contribution in [0.1, 0.15) is 29.8 Å². The summed E-state index contributed by atoms with van der Waals surface area (Å²) in [5.41, 5.74) is 1.26. The molecule has 2 rings (SSSR count). The van der Waals surface area contributed by atoms with Crippen molar-refractivity contribution in [3.63, 3.8) is 0 Å². The van der Waals surface area contributed by atoms with Crippen molar-refractivity contribution in [2.75, 3.05) is 11.2 Å². The van der Waals surface area contributed by atoms with E-state index in [9.17, 15) is 26.7 Å². The Labute approximate surface area is 129 Å². The largest absolute Gasteiger partial charge is 0.453 e. The summed E-state index contributed by atoms with van der Waals surface area (Å²) in [6.45, 7) is -1.46. The molecule has 0 aromatic carbocycles. The SMILES string of the molecule is CCSc1nnc(C(F)(F)F)n1NC(=O)c1ccnn1C(F)F. The summed E-state index contributed by atoms with van der Waals surface area (Å²) in [7, 11) is 0. The van der Waals surface area contributed by atoms with E-state index in [1.165, 1.54) is 0 Å². The van der Waals surface area contributed by atoms with Gasteiger partial charge in [-0.15, -0.1) is 10.2 Å². The fraction of sp³-hybridized carbons (Fsp3) is 0.400. The van der Waals surface area contributed by atoms with Gasteiger partial charge in [0.25, 0.3) is 11.7 Å². The van der Waals surface area contributed by atoms with Crippen molar-refractivity contribution in [2.24, 2.45) is 0 Å². The molecule has 0 fully saturated rings. The summed E-state index contributed by atoms with van der Waals surface area (Å²) >= 11 is 0.893. The number of aromatic nitrogens is 5. The molecule has 1 amide bonds. The molecule has 0 radical (unpaired) electrons. The second-order valence-electron chi connectivity index (χ2n) is 3.95. The fourth-order valence-corrected chi connectivity index (χ4v) is 2.20. The van der Waals surface area contributed by atoms with Gasteiger partial charge in [0, 0.05) is 6.20 Å². The lowest BCUT2D eigenvalue weighted by molar-refractivity contribution is -0.146. The summed E-state index contributed by atoms with van der Waals surface area (Å²) in [5, 5.41) is 9.32. The van der Waals surface area contributed by atoms with Crippen LogP contribution < -0.4 is 5.43 Å². The van der Waals surface area contributed by atoms with E-state index in [1.807, 2.05) is 5.43 Å². The zero-order chi connectivity index (χ0) is 17.2. The number of hydrogen-bond donors (Lipinski definition) is 1. The highest BCUT2D eigenvalue weighted by Gasteiger charge is 2.39. The Kier molecular flexibility index (Phi) is 4.87. The molecule has 1 N–H and O–H groups in total. The minimum atomic E-state index is -4.88. The molecule has 23 heavy (non-hydrogen) atoms. The quantitative estimate of drug-likeness (QED) is 0.657. The number of rotatable bonds is 5. The van der Waals surface area contributed by atoms with Crippen LogP contribution in [0.25, 0.3) is 0 Å². The van der Waals surface area contributed by atoms with E-state index < -0.39 is 30.2 Å². The zero-order valence-corrected chi connectivity index (χ0v) is 12.2. The van der Waals surface area contributed by atoms with E-state index in [0.717, 1.165) is 24.0 Å². The number of hydrogen-bond acceptors (Lipinski definition) is 5. The van der Waals surface area contributed by atoms with Crippen LogP contribution in [0, 0.1) is 0 Å². The van der Waals surface area contributed by atoms with Crippen molar-refractivity contribution < 1.29 is 26.7 Å². The lowest BCUT2D eigenvalue weighted by Gasteiger charge is -2.13. The van der Waals surface area contributed by atoms with Gasteiger partial charge in [-0.1, -0.05) is 18.7 Å². The number of thioether (sulfide) groups is 1. The molecule has 0 aliphatic carbocycles. The molecule has 0 bridgehead atoms. The smallest absolute Gasteiger partial charge is 0.266 e. The molecule has 126 valence electrons. The van der Waals surface area contributed by atoms with E-state index in [4.69, 9.17) is 0 Å². The van der Waals surface area contributed by atoms with Crippen LogP contribution in [0.3, 0.4) is 0 Å². The van der Waals surface area contributed by atoms with Gasteiger partial charge in [0.05, 0.1) is 0 Å². The minimum Gasteiger partial charge on any atom is -0.266 e.